The highest BCUT2D eigenvalue weighted by Crippen LogP contribution is 2.31. The number of anilines is 1. The van der Waals surface area contributed by atoms with Crippen LogP contribution in [0, 0.1) is 18.8 Å². The highest BCUT2D eigenvalue weighted by Gasteiger charge is 2.22. The number of benzene rings is 1. The van der Waals surface area contributed by atoms with E-state index in [0.29, 0.717) is 41.3 Å². The Morgan fingerprint density at radius 1 is 1.37 bits per heavy atom. The molecule has 1 aromatic carbocycles. The van der Waals surface area contributed by atoms with Gasteiger partial charge in [0.05, 0.1) is 12.8 Å². The minimum atomic E-state index is -0.181. The molecule has 1 aliphatic heterocycles. The lowest BCUT2D eigenvalue weighted by atomic mass is 9.85. The van der Waals surface area contributed by atoms with Crippen LogP contribution in [0.4, 0.5) is 5.69 Å². The summed E-state index contributed by atoms with van der Waals surface area (Å²) in [6, 6.07) is 3.45. The zero-order chi connectivity index (χ0) is 19.8. The highest BCUT2D eigenvalue weighted by atomic mass is 35.5. The average molecular weight is 396 g/mol. The summed E-state index contributed by atoms with van der Waals surface area (Å²) < 4.78 is 5.25. The molecule has 150 valence electrons. The van der Waals surface area contributed by atoms with Crippen LogP contribution in [0.5, 0.6) is 5.75 Å². The number of halogens is 1. The number of rotatable bonds is 8. The Labute approximate surface area is 166 Å². The van der Waals surface area contributed by atoms with Crippen molar-refractivity contribution in [3.05, 3.63) is 22.7 Å². The van der Waals surface area contributed by atoms with Gasteiger partial charge < -0.3 is 20.7 Å². The van der Waals surface area contributed by atoms with Crippen molar-refractivity contribution in [2.24, 2.45) is 11.8 Å². The predicted molar refractivity (Wildman–Crippen MR) is 108 cm³/mol. The first-order valence-corrected chi connectivity index (χ1v) is 9.90. The molecule has 0 saturated carbocycles. The molecule has 2 atom stereocenters. The third-order valence-electron chi connectivity index (χ3n) is 5.08. The van der Waals surface area contributed by atoms with Gasteiger partial charge in [0.15, 0.2) is 0 Å². The van der Waals surface area contributed by atoms with Gasteiger partial charge in [-0.2, -0.15) is 0 Å². The number of aryl methyl sites for hydroxylation is 1. The number of piperidine rings is 1. The van der Waals surface area contributed by atoms with E-state index in [2.05, 4.69) is 22.9 Å². The van der Waals surface area contributed by atoms with Crippen molar-refractivity contribution in [1.82, 2.24) is 10.6 Å². The van der Waals surface area contributed by atoms with Crippen molar-refractivity contribution >= 4 is 29.1 Å². The van der Waals surface area contributed by atoms with Crippen LogP contribution in [0.3, 0.4) is 0 Å². The monoisotopic (exact) mass is 395 g/mol. The van der Waals surface area contributed by atoms with Crippen LogP contribution in [-0.2, 0) is 9.59 Å². The van der Waals surface area contributed by atoms with E-state index in [1.807, 2.05) is 6.92 Å². The first-order valence-electron chi connectivity index (χ1n) is 9.52. The number of hydrogen-bond donors (Lipinski definition) is 3. The van der Waals surface area contributed by atoms with Gasteiger partial charge in [-0.3, -0.25) is 9.59 Å². The van der Waals surface area contributed by atoms with Crippen LogP contribution in [0.15, 0.2) is 12.1 Å². The van der Waals surface area contributed by atoms with Crippen molar-refractivity contribution in [2.75, 3.05) is 32.1 Å². The first kappa shape index (κ1) is 21.5. The molecular weight excluding hydrogens is 366 g/mol. The largest absolute Gasteiger partial charge is 0.495 e. The van der Waals surface area contributed by atoms with Gasteiger partial charge >= 0.3 is 0 Å². The molecule has 1 aliphatic rings. The van der Waals surface area contributed by atoms with Crippen LogP contribution in [0.25, 0.3) is 0 Å². The van der Waals surface area contributed by atoms with Crippen molar-refractivity contribution in [3.63, 3.8) is 0 Å². The maximum absolute atomic E-state index is 12.2. The van der Waals surface area contributed by atoms with Gasteiger partial charge in [-0.15, -0.1) is 0 Å². The molecule has 1 aromatic rings. The molecule has 2 rings (SSSR count). The van der Waals surface area contributed by atoms with Crippen LogP contribution in [0.2, 0.25) is 5.02 Å². The van der Waals surface area contributed by atoms with E-state index in [1.165, 1.54) is 20.0 Å². The topological polar surface area (TPSA) is 79.5 Å². The highest BCUT2D eigenvalue weighted by molar-refractivity contribution is 6.31. The Hall–Kier alpha value is -1.79. The Morgan fingerprint density at radius 2 is 2.15 bits per heavy atom. The minimum absolute atomic E-state index is 0.000733. The van der Waals surface area contributed by atoms with E-state index in [4.69, 9.17) is 16.3 Å². The smallest absolute Gasteiger partial charge is 0.226 e. The van der Waals surface area contributed by atoms with Gasteiger partial charge in [-0.1, -0.05) is 18.5 Å². The van der Waals surface area contributed by atoms with E-state index in [0.717, 1.165) is 18.7 Å². The lowest BCUT2D eigenvalue weighted by molar-refractivity contribution is -0.122. The first-order chi connectivity index (χ1) is 12.9. The molecule has 3 N–H and O–H groups in total. The quantitative estimate of drug-likeness (QED) is 0.631. The summed E-state index contributed by atoms with van der Waals surface area (Å²) in [4.78, 5) is 24.3. The van der Waals surface area contributed by atoms with Crippen LogP contribution in [-0.4, -0.2) is 38.6 Å². The molecule has 2 amide bonds. The van der Waals surface area contributed by atoms with E-state index >= 15 is 0 Å². The summed E-state index contributed by atoms with van der Waals surface area (Å²) >= 11 is 6.07. The van der Waals surface area contributed by atoms with Crippen molar-refractivity contribution in [2.45, 2.75) is 39.5 Å². The second-order valence-corrected chi connectivity index (χ2v) is 7.64. The van der Waals surface area contributed by atoms with Crippen molar-refractivity contribution in [3.8, 4) is 5.75 Å². The normalized spacial score (nSPS) is 17.9. The number of ether oxygens (including phenoxy) is 1. The molecule has 6 nitrogen and oxygen atoms in total. The third-order valence-corrected chi connectivity index (χ3v) is 5.48. The lowest BCUT2D eigenvalue weighted by Crippen LogP contribution is -2.36. The molecule has 7 heteroatoms. The minimum Gasteiger partial charge on any atom is -0.495 e. The fourth-order valence-corrected chi connectivity index (χ4v) is 3.51. The SMILES string of the molecule is COc1cc(Cl)c(C)cc1NC(=O)CCNC(=O)CC(C)C1CCCNC1. The number of carbonyl (C=O) groups is 2. The Bertz CT molecular complexity index is 660. The third kappa shape index (κ3) is 6.70. The number of methoxy groups -OCH3 is 1. The van der Waals surface area contributed by atoms with Gasteiger partial charge in [0.1, 0.15) is 5.75 Å². The fourth-order valence-electron chi connectivity index (χ4n) is 3.35. The Morgan fingerprint density at radius 3 is 2.81 bits per heavy atom. The van der Waals surface area contributed by atoms with Gasteiger partial charge in [0, 0.05) is 30.5 Å². The second-order valence-electron chi connectivity index (χ2n) is 7.24. The molecular formula is C20H30ClN3O3. The summed E-state index contributed by atoms with van der Waals surface area (Å²) in [5.41, 5.74) is 1.43. The maximum atomic E-state index is 12.2. The van der Waals surface area contributed by atoms with E-state index in [9.17, 15) is 9.59 Å². The summed E-state index contributed by atoms with van der Waals surface area (Å²) in [5.74, 6) is 1.22. The van der Waals surface area contributed by atoms with Crippen molar-refractivity contribution < 1.29 is 14.3 Å². The second kappa shape index (κ2) is 10.5. The molecule has 1 heterocycles. The van der Waals surface area contributed by atoms with E-state index < -0.39 is 0 Å². The van der Waals surface area contributed by atoms with Crippen LogP contribution in [0.1, 0.15) is 38.2 Å². The molecule has 1 saturated heterocycles. The zero-order valence-corrected chi connectivity index (χ0v) is 17.1. The number of hydrogen-bond acceptors (Lipinski definition) is 4. The lowest BCUT2D eigenvalue weighted by Gasteiger charge is -2.28. The standard InChI is InChI=1S/C20H30ClN3O3/c1-13(15-5-4-7-22-12-15)10-20(26)23-8-6-19(25)24-17-9-14(2)16(21)11-18(17)27-3/h9,11,13,15,22H,4-8,10,12H2,1-3H3,(H,23,26)(H,24,25). The molecule has 0 aliphatic carbocycles. The summed E-state index contributed by atoms with van der Waals surface area (Å²) in [6.07, 6.45) is 3.05. The zero-order valence-electron chi connectivity index (χ0n) is 16.4. The molecule has 1 fully saturated rings. The molecule has 0 bridgehead atoms. The van der Waals surface area contributed by atoms with Gasteiger partial charge in [-0.05, 0) is 56.3 Å². The van der Waals surface area contributed by atoms with Crippen LogP contribution < -0.4 is 20.7 Å². The average Bonchev–Trinajstić information content (AvgIpc) is 2.65. The number of carbonyl (C=O) groups excluding carboxylic acids is 2. The molecule has 0 spiro atoms. The van der Waals surface area contributed by atoms with Crippen molar-refractivity contribution in [1.29, 1.82) is 0 Å². The van der Waals surface area contributed by atoms with Gasteiger partial charge in [0.2, 0.25) is 11.8 Å². The molecule has 0 radical (unpaired) electrons. The van der Waals surface area contributed by atoms with E-state index in [-0.39, 0.29) is 18.2 Å². The molecule has 2 unspecified atom stereocenters. The fraction of sp³-hybridized carbons (Fsp3) is 0.600. The molecule has 27 heavy (non-hydrogen) atoms. The van der Waals surface area contributed by atoms with Gasteiger partial charge in [-0.25, -0.2) is 0 Å². The summed E-state index contributed by atoms with van der Waals surface area (Å²) in [5, 5.41) is 9.63. The van der Waals surface area contributed by atoms with Gasteiger partial charge in [0.25, 0.3) is 0 Å². The molecule has 0 aromatic heterocycles. The Kier molecular flexibility index (Phi) is 8.38. The van der Waals surface area contributed by atoms with Crippen LogP contribution >= 0.6 is 11.6 Å². The predicted octanol–water partition coefficient (Wildman–Crippen LogP) is 3.13. The Balaban J connectivity index is 1.74. The number of nitrogens with one attached hydrogen (secondary N) is 3. The summed E-state index contributed by atoms with van der Waals surface area (Å²) in [6.45, 7) is 6.36. The number of amides is 2. The van der Waals surface area contributed by atoms with E-state index in [1.54, 1.807) is 12.1 Å². The maximum Gasteiger partial charge on any atom is 0.226 e. The summed E-state index contributed by atoms with van der Waals surface area (Å²) in [7, 11) is 1.53.